The van der Waals surface area contributed by atoms with E-state index in [0.717, 1.165) is 13.0 Å². The smallest absolute Gasteiger partial charge is 0.387 e. The van der Waals surface area contributed by atoms with Crippen LogP contribution in [0.2, 0.25) is 0 Å². The summed E-state index contributed by atoms with van der Waals surface area (Å²) in [5, 5.41) is 40.4. The lowest BCUT2D eigenvalue weighted by atomic mass is 9.86. The Labute approximate surface area is 150 Å². The van der Waals surface area contributed by atoms with E-state index in [1.807, 2.05) is 0 Å². The van der Waals surface area contributed by atoms with Crippen LogP contribution < -0.4 is 0 Å². The fraction of sp³-hybridized carbons (Fsp3) is 0.500. The van der Waals surface area contributed by atoms with E-state index >= 15 is 0 Å². The van der Waals surface area contributed by atoms with Gasteiger partial charge in [0.15, 0.2) is 6.10 Å². The van der Waals surface area contributed by atoms with Crippen molar-refractivity contribution in [2.45, 2.75) is 43.3 Å². The molecule has 1 unspecified atom stereocenters. The van der Waals surface area contributed by atoms with Crippen molar-refractivity contribution >= 4 is 13.5 Å². The third kappa shape index (κ3) is 3.99. The number of carbonyl (C=O) groups excluding carboxylic acids is 1. The molecule has 0 radical (unpaired) electrons. The van der Waals surface area contributed by atoms with Gasteiger partial charge in [-0.25, -0.2) is 4.79 Å². The van der Waals surface area contributed by atoms with Gasteiger partial charge < -0.3 is 25.2 Å². The second-order valence-corrected chi connectivity index (χ2v) is 7.67. The highest BCUT2D eigenvalue weighted by Gasteiger charge is 2.62. The standard InChI is InChI=1S/C14H17F3O9P/c1-5-4-6(14(15,16)17)2-3-7(5)13(22)11(20)9(19)8(18)10(26-13)12(21)27(23,24)25/h2-4,8-11,18-20,22-25H,1H3/q+1/t8-,9-,10-,11-,13?/m0/s1. The fourth-order valence-electron chi connectivity index (χ4n) is 2.76. The van der Waals surface area contributed by atoms with Crippen LogP contribution in [0.15, 0.2) is 18.2 Å². The van der Waals surface area contributed by atoms with Crippen LogP contribution in [0, 0.1) is 6.92 Å². The number of halogens is 3. The molecule has 9 nitrogen and oxygen atoms in total. The second-order valence-electron chi connectivity index (χ2n) is 6.09. The molecule has 152 valence electrons. The number of alkyl halides is 3. The fourth-order valence-corrected chi connectivity index (χ4v) is 3.31. The first-order valence-corrected chi connectivity index (χ1v) is 9.00. The Morgan fingerprint density at radius 3 is 2.15 bits per heavy atom. The topological polar surface area (TPSA) is 168 Å². The molecule has 0 amide bonds. The number of benzene rings is 1. The molecular formula is C14H17F3O9P+. The van der Waals surface area contributed by atoms with Crippen molar-refractivity contribution in [3.8, 4) is 0 Å². The molecule has 1 aromatic carbocycles. The van der Waals surface area contributed by atoms with Crippen LogP contribution in [0.5, 0.6) is 0 Å². The first-order chi connectivity index (χ1) is 12.1. The van der Waals surface area contributed by atoms with Crippen LogP contribution in [0.25, 0.3) is 0 Å². The average molecular weight is 417 g/mol. The summed E-state index contributed by atoms with van der Waals surface area (Å²) in [7, 11) is -5.23. The SMILES string of the molecule is Cc1cc(C(F)(F)F)ccc1C1(O)O[C@H](C(=O)[P+](O)(O)O)[C@@H](O)[C@H](O)[C@@H]1O. The predicted octanol–water partition coefficient (Wildman–Crippen LogP) is -1.09. The van der Waals surface area contributed by atoms with Gasteiger partial charge in [0, 0.05) is 5.56 Å². The molecule has 1 heterocycles. The molecular weight excluding hydrogens is 400 g/mol. The number of hydrogen-bond donors (Lipinski definition) is 7. The van der Waals surface area contributed by atoms with Crippen molar-refractivity contribution in [2.75, 3.05) is 0 Å². The third-order valence-electron chi connectivity index (χ3n) is 4.17. The highest BCUT2D eigenvalue weighted by molar-refractivity contribution is 7.76. The van der Waals surface area contributed by atoms with E-state index in [2.05, 4.69) is 0 Å². The van der Waals surface area contributed by atoms with Crippen molar-refractivity contribution in [1.82, 2.24) is 0 Å². The summed E-state index contributed by atoms with van der Waals surface area (Å²) in [6.07, 6.45) is -14.0. The van der Waals surface area contributed by atoms with Crippen molar-refractivity contribution < 1.29 is 57.8 Å². The second kappa shape index (κ2) is 6.99. The van der Waals surface area contributed by atoms with Crippen LogP contribution in [-0.2, 0) is 21.5 Å². The molecule has 1 fully saturated rings. The van der Waals surface area contributed by atoms with Crippen molar-refractivity contribution in [3.05, 3.63) is 34.9 Å². The van der Waals surface area contributed by atoms with E-state index in [4.69, 9.17) is 19.4 Å². The van der Waals surface area contributed by atoms with Crippen molar-refractivity contribution in [3.63, 3.8) is 0 Å². The van der Waals surface area contributed by atoms with Crippen molar-refractivity contribution in [1.29, 1.82) is 0 Å². The summed E-state index contributed by atoms with van der Waals surface area (Å²) in [6.45, 7) is 1.12. The molecule has 2 rings (SSSR count). The Morgan fingerprint density at radius 1 is 1.15 bits per heavy atom. The molecule has 1 aliphatic rings. The zero-order valence-electron chi connectivity index (χ0n) is 13.6. The normalized spacial score (nSPS) is 32.4. The number of ether oxygens (including phenoxy) is 1. The molecule has 0 bridgehead atoms. The summed E-state index contributed by atoms with van der Waals surface area (Å²) in [6, 6.07) is 1.89. The number of hydrogen-bond acceptors (Lipinski definition) is 9. The molecule has 27 heavy (non-hydrogen) atoms. The van der Waals surface area contributed by atoms with Gasteiger partial charge in [-0.05, 0) is 24.6 Å². The lowest BCUT2D eigenvalue weighted by Gasteiger charge is -2.45. The lowest BCUT2D eigenvalue weighted by Crippen LogP contribution is -2.64. The van der Waals surface area contributed by atoms with Crippen LogP contribution >= 0.6 is 7.94 Å². The van der Waals surface area contributed by atoms with E-state index in [1.165, 1.54) is 0 Å². The Morgan fingerprint density at radius 2 is 1.70 bits per heavy atom. The van der Waals surface area contributed by atoms with Gasteiger partial charge in [-0.2, -0.15) is 27.9 Å². The molecule has 1 aromatic rings. The van der Waals surface area contributed by atoms with Gasteiger partial charge in [-0.3, -0.25) is 0 Å². The van der Waals surface area contributed by atoms with Gasteiger partial charge in [-0.1, -0.05) is 6.07 Å². The van der Waals surface area contributed by atoms with E-state index < -0.39 is 61.0 Å². The van der Waals surface area contributed by atoms with Crippen LogP contribution in [-0.4, -0.2) is 65.0 Å². The summed E-state index contributed by atoms with van der Waals surface area (Å²) in [4.78, 5) is 39.0. The van der Waals surface area contributed by atoms with E-state index in [9.17, 15) is 38.4 Å². The Balaban J connectivity index is 2.52. The summed E-state index contributed by atoms with van der Waals surface area (Å²) in [5.74, 6) is -3.00. The monoisotopic (exact) mass is 417 g/mol. The van der Waals surface area contributed by atoms with E-state index in [-0.39, 0.29) is 5.56 Å². The van der Waals surface area contributed by atoms with Gasteiger partial charge in [-0.15, -0.1) is 0 Å². The molecule has 0 aromatic heterocycles. The molecule has 5 atom stereocenters. The Hall–Kier alpha value is -1.21. The summed E-state index contributed by atoms with van der Waals surface area (Å²) < 4.78 is 43.2. The van der Waals surface area contributed by atoms with Crippen molar-refractivity contribution in [2.24, 2.45) is 0 Å². The minimum atomic E-state index is -5.23. The largest absolute Gasteiger partial charge is 0.481 e. The average Bonchev–Trinajstić information content (AvgIpc) is 2.54. The van der Waals surface area contributed by atoms with Gasteiger partial charge in [0.2, 0.25) is 5.79 Å². The highest BCUT2D eigenvalue weighted by Crippen LogP contribution is 2.50. The molecule has 1 saturated heterocycles. The van der Waals surface area contributed by atoms with Gasteiger partial charge >= 0.3 is 19.6 Å². The van der Waals surface area contributed by atoms with Gasteiger partial charge in [0.05, 0.1) is 5.56 Å². The molecule has 0 aliphatic carbocycles. The number of carbonyl (C=O) groups is 1. The van der Waals surface area contributed by atoms with E-state index in [0.29, 0.717) is 12.1 Å². The van der Waals surface area contributed by atoms with E-state index in [1.54, 1.807) is 0 Å². The molecule has 7 N–H and O–H groups in total. The van der Waals surface area contributed by atoms with Crippen LogP contribution in [0.1, 0.15) is 16.7 Å². The molecule has 0 saturated carbocycles. The summed E-state index contributed by atoms with van der Waals surface area (Å²) >= 11 is 0. The molecule has 13 heteroatoms. The Kier molecular flexibility index (Phi) is 5.72. The zero-order valence-corrected chi connectivity index (χ0v) is 14.5. The maximum Gasteiger partial charge on any atom is 0.481 e. The number of rotatable bonds is 3. The summed E-state index contributed by atoms with van der Waals surface area (Å²) in [5.41, 5.74) is -3.69. The maximum atomic E-state index is 12.8. The maximum absolute atomic E-state index is 12.8. The van der Waals surface area contributed by atoms with Gasteiger partial charge in [0.25, 0.3) is 0 Å². The molecule has 1 aliphatic heterocycles. The highest BCUT2D eigenvalue weighted by atomic mass is 31.2. The first kappa shape index (κ1) is 22.1. The quantitative estimate of drug-likeness (QED) is 0.302. The zero-order chi connectivity index (χ0) is 20.9. The van der Waals surface area contributed by atoms with Crippen LogP contribution in [0.4, 0.5) is 13.2 Å². The van der Waals surface area contributed by atoms with Crippen LogP contribution in [0.3, 0.4) is 0 Å². The minimum Gasteiger partial charge on any atom is -0.387 e. The minimum absolute atomic E-state index is 0.251. The lowest BCUT2D eigenvalue weighted by molar-refractivity contribution is -0.346. The Bertz CT molecular complexity index is 736. The number of aliphatic hydroxyl groups excluding tert-OH is 3. The third-order valence-corrected chi connectivity index (χ3v) is 5.02. The number of aliphatic hydroxyl groups is 4. The van der Waals surface area contributed by atoms with Gasteiger partial charge in [0.1, 0.15) is 18.3 Å². The molecule has 0 spiro atoms. The first-order valence-electron chi connectivity index (χ1n) is 7.35. The number of aryl methyl sites for hydroxylation is 1. The predicted molar refractivity (Wildman–Crippen MR) is 81.6 cm³/mol.